The topological polar surface area (TPSA) is 63.5 Å². The van der Waals surface area contributed by atoms with E-state index in [1.807, 2.05) is 0 Å². The van der Waals surface area contributed by atoms with Gasteiger partial charge in [0.1, 0.15) is 0 Å². The summed E-state index contributed by atoms with van der Waals surface area (Å²) in [5.41, 5.74) is 6.65. The van der Waals surface area contributed by atoms with E-state index in [1.54, 1.807) is 30.5 Å². The largest absolute Gasteiger partial charge is 0.409 e. The van der Waals surface area contributed by atoms with Crippen LogP contribution in [0.1, 0.15) is 12.0 Å². The molecule has 2 aromatic rings. The molecule has 102 valence electrons. The monoisotopic (exact) mass is 271 g/mol. The Kier molecular flexibility index (Phi) is 3.37. The van der Waals surface area contributed by atoms with E-state index in [4.69, 9.17) is 10.9 Å². The van der Waals surface area contributed by atoms with Crippen LogP contribution < -0.4 is 5.73 Å². The molecule has 0 atom stereocenters. The lowest BCUT2D eigenvalue weighted by Gasteiger charge is -2.08. The molecule has 0 unspecified atom stereocenters. The maximum Gasteiger partial charge on any atom is 0.390 e. The van der Waals surface area contributed by atoms with Crippen molar-refractivity contribution in [1.29, 1.82) is 0 Å². The molecule has 1 heterocycles. The Morgan fingerprint density at radius 1 is 1.32 bits per heavy atom. The predicted octanol–water partition coefficient (Wildman–Crippen LogP) is 2.69. The second-order valence-corrected chi connectivity index (χ2v) is 4.13. The van der Waals surface area contributed by atoms with E-state index in [0.717, 1.165) is 5.39 Å². The predicted molar refractivity (Wildman–Crippen MR) is 65.1 cm³/mol. The summed E-state index contributed by atoms with van der Waals surface area (Å²) in [5.74, 6) is -0.0371. The number of benzene rings is 1. The number of aromatic nitrogens is 1. The molecule has 3 N–H and O–H groups in total. The number of nitrogens with zero attached hydrogens (tertiary/aromatic N) is 2. The maximum atomic E-state index is 12.2. The Balaban J connectivity index is 2.29. The second-order valence-electron chi connectivity index (χ2n) is 4.13. The highest BCUT2D eigenvalue weighted by atomic mass is 19.4. The first kappa shape index (κ1) is 13.3. The van der Waals surface area contributed by atoms with E-state index in [1.165, 1.54) is 4.57 Å². The summed E-state index contributed by atoms with van der Waals surface area (Å²) in [6, 6.07) is 6.61. The van der Waals surface area contributed by atoms with Gasteiger partial charge in [0.15, 0.2) is 5.84 Å². The molecule has 1 aromatic carbocycles. The van der Waals surface area contributed by atoms with Gasteiger partial charge in [-0.05, 0) is 24.3 Å². The van der Waals surface area contributed by atoms with Gasteiger partial charge in [-0.3, -0.25) is 0 Å². The van der Waals surface area contributed by atoms with E-state index in [9.17, 15) is 13.2 Å². The van der Waals surface area contributed by atoms with Gasteiger partial charge >= 0.3 is 6.18 Å². The molecule has 7 heteroatoms. The second kappa shape index (κ2) is 4.83. The first-order valence-electron chi connectivity index (χ1n) is 5.54. The fourth-order valence-corrected chi connectivity index (χ4v) is 1.86. The number of hydrogen-bond acceptors (Lipinski definition) is 2. The van der Waals surface area contributed by atoms with Crippen LogP contribution in [0.4, 0.5) is 13.2 Å². The minimum absolute atomic E-state index is 0.0371. The number of aryl methyl sites for hydroxylation is 1. The van der Waals surface area contributed by atoms with Crippen molar-refractivity contribution >= 4 is 16.7 Å². The fraction of sp³-hybridized carbons (Fsp3) is 0.250. The molecule has 0 radical (unpaired) electrons. The molecule has 0 aliphatic rings. The highest BCUT2D eigenvalue weighted by molar-refractivity contribution is 6.00. The van der Waals surface area contributed by atoms with Crippen molar-refractivity contribution in [2.24, 2.45) is 10.9 Å². The minimum atomic E-state index is -4.18. The highest BCUT2D eigenvalue weighted by Gasteiger charge is 2.26. The van der Waals surface area contributed by atoms with E-state index >= 15 is 0 Å². The van der Waals surface area contributed by atoms with Gasteiger partial charge in [-0.2, -0.15) is 13.2 Å². The van der Waals surface area contributed by atoms with E-state index in [-0.39, 0.29) is 12.4 Å². The normalized spacial score (nSPS) is 13.1. The molecule has 0 spiro atoms. The van der Waals surface area contributed by atoms with Crippen LogP contribution in [0.2, 0.25) is 0 Å². The average molecular weight is 271 g/mol. The van der Waals surface area contributed by atoms with Crippen molar-refractivity contribution in [3.63, 3.8) is 0 Å². The van der Waals surface area contributed by atoms with Crippen molar-refractivity contribution in [3.8, 4) is 0 Å². The third-order valence-electron chi connectivity index (χ3n) is 2.81. The van der Waals surface area contributed by atoms with Crippen LogP contribution >= 0.6 is 0 Å². The van der Waals surface area contributed by atoms with Crippen LogP contribution in [0.5, 0.6) is 0 Å². The van der Waals surface area contributed by atoms with Crippen LogP contribution in [0.25, 0.3) is 10.9 Å². The van der Waals surface area contributed by atoms with Gasteiger partial charge in [0.25, 0.3) is 0 Å². The lowest BCUT2D eigenvalue weighted by Crippen LogP contribution is -2.13. The van der Waals surface area contributed by atoms with Gasteiger partial charge < -0.3 is 15.5 Å². The molecule has 0 fully saturated rings. The first-order valence-corrected chi connectivity index (χ1v) is 5.54. The Hall–Kier alpha value is -2.18. The van der Waals surface area contributed by atoms with Crippen molar-refractivity contribution < 1.29 is 18.4 Å². The Morgan fingerprint density at radius 3 is 2.68 bits per heavy atom. The number of nitrogens with two attached hydrogens (primary N) is 1. The molecule has 0 aliphatic carbocycles. The molecule has 0 aliphatic heterocycles. The Bertz CT molecular complexity index is 616. The van der Waals surface area contributed by atoms with Crippen LogP contribution in [-0.4, -0.2) is 21.8 Å². The zero-order chi connectivity index (χ0) is 14.0. The summed E-state index contributed by atoms with van der Waals surface area (Å²) in [6.07, 6.45) is -3.46. The SMILES string of the molecule is N/C(=N/O)c1ccc2c(ccn2CCC(F)(F)F)c1. The van der Waals surface area contributed by atoms with Gasteiger partial charge in [-0.25, -0.2) is 0 Å². The third kappa shape index (κ3) is 2.98. The van der Waals surface area contributed by atoms with Crippen molar-refractivity contribution in [2.45, 2.75) is 19.1 Å². The maximum absolute atomic E-state index is 12.2. The van der Waals surface area contributed by atoms with Gasteiger partial charge in [-0.1, -0.05) is 5.16 Å². The van der Waals surface area contributed by atoms with Gasteiger partial charge in [0, 0.05) is 29.2 Å². The molecule has 0 saturated heterocycles. The van der Waals surface area contributed by atoms with Gasteiger partial charge in [-0.15, -0.1) is 0 Å². The molecule has 0 bridgehead atoms. The van der Waals surface area contributed by atoms with E-state index in [0.29, 0.717) is 11.1 Å². The van der Waals surface area contributed by atoms with Crippen LogP contribution in [-0.2, 0) is 6.54 Å². The highest BCUT2D eigenvalue weighted by Crippen LogP contribution is 2.23. The summed E-state index contributed by atoms with van der Waals surface area (Å²) in [4.78, 5) is 0. The first-order chi connectivity index (χ1) is 8.90. The third-order valence-corrected chi connectivity index (χ3v) is 2.81. The Labute approximate surface area is 106 Å². The summed E-state index contributed by atoms with van der Waals surface area (Å²) in [5, 5.41) is 12.2. The van der Waals surface area contributed by atoms with Crippen molar-refractivity contribution in [1.82, 2.24) is 4.57 Å². The van der Waals surface area contributed by atoms with E-state index < -0.39 is 12.6 Å². The van der Waals surface area contributed by atoms with Crippen LogP contribution in [0.15, 0.2) is 35.6 Å². The molecule has 19 heavy (non-hydrogen) atoms. The number of alkyl halides is 3. The molecule has 1 aromatic heterocycles. The molecular formula is C12H12F3N3O. The summed E-state index contributed by atoms with van der Waals surface area (Å²) < 4.78 is 38.1. The molecule has 4 nitrogen and oxygen atoms in total. The van der Waals surface area contributed by atoms with Gasteiger partial charge in [0.05, 0.1) is 6.42 Å². The lowest BCUT2D eigenvalue weighted by atomic mass is 10.1. The van der Waals surface area contributed by atoms with Gasteiger partial charge in [0.2, 0.25) is 0 Å². The Morgan fingerprint density at radius 2 is 2.05 bits per heavy atom. The summed E-state index contributed by atoms with van der Waals surface area (Å²) in [6.45, 7) is -0.129. The van der Waals surface area contributed by atoms with Crippen molar-refractivity contribution in [2.75, 3.05) is 0 Å². The zero-order valence-electron chi connectivity index (χ0n) is 9.85. The van der Waals surface area contributed by atoms with E-state index in [2.05, 4.69) is 5.16 Å². The number of halogens is 3. The summed E-state index contributed by atoms with van der Waals surface area (Å²) >= 11 is 0. The number of hydrogen-bond donors (Lipinski definition) is 2. The van der Waals surface area contributed by atoms with Crippen molar-refractivity contribution in [3.05, 3.63) is 36.0 Å². The molecule has 0 saturated carbocycles. The molecule has 0 amide bonds. The quantitative estimate of drug-likeness (QED) is 0.390. The standard InChI is InChI=1S/C12H12F3N3O/c13-12(14,15)4-6-18-5-3-8-7-9(11(16)17-19)1-2-10(8)18/h1-3,5,7,19H,4,6H2,(H2,16,17). The number of oxime groups is 1. The smallest absolute Gasteiger partial charge is 0.390 e. The fourth-order valence-electron chi connectivity index (χ4n) is 1.86. The van der Waals surface area contributed by atoms with Crippen LogP contribution in [0.3, 0.4) is 0 Å². The molecule has 2 rings (SSSR count). The lowest BCUT2D eigenvalue weighted by molar-refractivity contribution is -0.136. The number of fused-ring (bicyclic) bond motifs is 1. The molecular weight excluding hydrogens is 259 g/mol. The average Bonchev–Trinajstić information content (AvgIpc) is 2.76. The zero-order valence-corrected chi connectivity index (χ0v) is 9.85. The number of rotatable bonds is 3. The minimum Gasteiger partial charge on any atom is -0.409 e. The summed E-state index contributed by atoms with van der Waals surface area (Å²) in [7, 11) is 0. The number of amidine groups is 1. The van der Waals surface area contributed by atoms with Crippen LogP contribution in [0, 0.1) is 0 Å².